The van der Waals surface area contributed by atoms with Crippen molar-refractivity contribution in [3.63, 3.8) is 0 Å². The van der Waals surface area contributed by atoms with E-state index in [1.165, 1.54) is 6.07 Å². The van der Waals surface area contributed by atoms with E-state index in [4.69, 9.17) is 0 Å². The van der Waals surface area contributed by atoms with Crippen LogP contribution in [-0.4, -0.2) is 11.7 Å². The lowest BCUT2D eigenvalue weighted by molar-refractivity contribution is 0.466. The maximum atomic E-state index is 13.4. The molecule has 2 rings (SSSR count). The zero-order valence-electron chi connectivity index (χ0n) is 11.9. The fraction of sp³-hybridized carbons (Fsp3) is 0.294. The van der Waals surface area contributed by atoms with Gasteiger partial charge < -0.3 is 10.4 Å². The molecule has 2 aromatic carbocycles. The van der Waals surface area contributed by atoms with Gasteiger partial charge in [-0.3, -0.25) is 0 Å². The summed E-state index contributed by atoms with van der Waals surface area (Å²) in [6, 6.07) is 10.8. The topological polar surface area (TPSA) is 32.3 Å². The molecule has 0 heterocycles. The number of phenols is 1. The van der Waals surface area contributed by atoms with E-state index in [0.717, 1.165) is 35.3 Å². The maximum absolute atomic E-state index is 13.4. The number of aryl methyl sites for hydroxylation is 2. The van der Waals surface area contributed by atoms with Crippen molar-refractivity contribution in [3.05, 3.63) is 64.5 Å². The molecule has 2 N–H and O–H groups in total. The molecule has 0 saturated heterocycles. The predicted molar refractivity (Wildman–Crippen MR) is 79.4 cm³/mol. The molecule has 0 aliphatic rings. The molecule has 20 heavy (non-hydrogen) atoms. The SMILES string of the molecule is Cc1cc(CNCCc2ccccc2F)cc(C)c1O. The number of rotatable bonds is 5. The smallest absolute Gasteiger partial charge is 0.126 e. The van der Waals surface area contributed by atoms with Crippen molar-refractivity contribution < 1.29 is 9.50 Å². The number of hydrogen-bond donors (Lipinski definition) is 2. The van der Waals surface area contributed by atoms with Gasteiger partial charge in [0.25, 0.3) is 0 Å². The Balaban J connectivity index is 1.86. The standard InChI is InChI=1S/C17H20FNO/c1-12-9-14(10-13(2)17(12)20)11-19-8-7-15-5-3-4-6-16(15)18/h3-6,9-10,19-20H,7-8,11H2,1-2H3. The Labute approximate surface area is 119 Å². The molecule has 3 heteroatoms. The average molecular weight is 273 g/mol. The van der Waals surface area contributed by atoms with Gasteiger partial charge in [-0.1, -0.05) is 30.3 Å². The zero-order valence-corrected chi connectivity index (χ0v) is 11.9. The zero-order chi connectivity index (χ0) is 14.5. The van der Waals surface area contributed by atoms with Crippen molar-refractivity contribution in [1.82, 2.24) is 5.32 Å². The summed E-state index contributed by atoms with van der Waals surface area (Å²) < 4.78 is 13.4. The van der Waals surface area contributed by atoms with Gasteiger partial charge in [-0.2, -0.15) is 0 Å². The summed E-state index contributed by atoms with van der Waals surface area (Å²) in [6.45, 7) is 5.23. The predicted octanol–water partition coefficient (Wildman–Crippen LogP) is 3.48. The second kappa shape index (κ2) is 6.53. The normalized spacial score (nSPS) is 10.8. The molecule has 0 fully saturated rings. The van der Waals surface area contributed by atoms with Gasteiger partial charge in [-0.05, 0) is 55.1 Å². The first-order valence-corrected chi connectivity index (χ1v) is 6.81. The number of phenolic OH excluding ortho intramolecular Hbond substituents is 1. The third-order valence-electron chi connectivity index (χ3n) is 3.41. The van der Waals surface area contributed by atoms with Crippen molar-refractivity contribution in [2.24, 2.45) is 0 Å². The molecule has 0 aromatic heterocycles. The molecule has 0 radical (unpaired) electrons. The van der Waals surface area contributed by atoms with Crippen molar-refractivity contribution in [2.75, 3.05) is 6.54 Å². The first-order valence-electron chi connectivity index (χ1n) is 6.81. The second-order valence-corrected chi connectivity index (χ2v) is 5.10. The van der Waals surface area contributed by atoms with Crippen LogP contribution < -0.4 is 5.32 Å². The molecule has 0 amide bonds. The molecule has 0 unspecified atom stereocenters. The number of aromatic hydroxyl groups is 1. The van der Waals surface area contributed by atoms with E-state index in [1.807, 2.05) is 38.1 Å². The number of halogens is 1. The van der Waals surface area contributed by atoms with Gasteiger partial charge in [0.2, 0.25) is 0 Å². The van der Waals surface area contributed by atoms with Gasteiger partial charge >= 0.3 is 0 Å². The molecule has 0 saturated carbocycles. The van der Waals surface area contributed by atoms with Crippen LogP contribution in [0.5, 0.6) is 5.75 Å². The Morgan fingerprint density at radius 1 is 1.10 bits per heavy atom. The minimum absolute atomic E-state index is 0.148. The molecule has 106 valence electrons. The summed E-state index contributed by atoms with van der Waals surface area (Å²) >= 11 is 0. The van der Waals surface area contributed by atoms with Gasteiger partial charge in [0.15, 0.2) is 0 Å². The van der Waals surface area contributed by atoms with Crippen LogP contribution in [-0.2, 0) is 13.0 Å². The average Bonchev–Trinajstić information content (AvgIpc) is 2.42. The van der Waals surface area contributed by atoms with Crippen LogP contribution in [0.2, 0.25) is 0 Å². The molecular weight excluding hydrogens is 253 g/mol. The van der Waals surface area contributed by atoms with Crippen LogP contribution in [0, 0.1) is 19.7 Å². The van der Waals surface area contributed by atoms with Crippen LogP contribution in [0.25, 0.3) is 0 Å². The van der Waals surface area contributed by atoms with Gasteiger partial charge in [0, 0.05) is 6.54 Å². The molecule has 0 aliphatic carbocycles. The number of benzene rings is 2. The molecule has 0 aliphatic heterocycles. The van der Waals surface area contributed by atoms with Gasteiger partial charge in [0.05, 0.1) is 0 Å². The van der Waals surface area contributed by atoms with Crippen LogP contribution >= 0.6 is 0 Å². The summed E-state index contributed by atoms with van der Waals surface area (Å²) in [5, 5.41) is 13.0. The van der Waals surface area contributed by atoms with Crippen LogP contribution in [0.3, 0.4) is 0 Å². The lowest BCUT2D eigenvalue weighted by atomic mass is 10.1. The molecular formula is C17H20FNO. The summed E-state index contributed by atoms with van der Waals surface area (Å²) in [6.07, 6.45) is 0.669. The Bertz CT molecular complexity index is 572. The quantitative estimate of drug-likeness (QED) is 0.817. The highest BCUT2D eigenvalue weighted by molar-refractivity contribution is 5.42. The van der Waals surface area contributed by atoms with Crippen LogP contribution in [0.15, 0.2) is 36.4 Å². The van der Waals surface area contributed by atoms with E-state index in [9.17, 15) is 9.50 Å². The highest BCUT2D eigenvalue weighted by atomic mass is 19.1. The Morgan fingerprint density at radius 2 is 1.75 bits per heavy atom. The number of hydrogen-bond acceptors (Lipinski definition) is 2. The van der Waals surface area contributed by atoms with E-state index in [0.29, 0.717) is 12.2 Å². The largest absolute Gasteiger partial charge is 0.507 e. The lowest BCUT2D eigenvalue weighted by Gasteiger charge is -2.09. The fourth-order valence-corrected chi connectivity index (χ4v) is 2.30. The Morgan fingerprint density at radius 3 is 2.40 bits per heavy atom. The highest BCUT2D eigenvalue weighted by Gasteiger charge is 2.04. The monoisotopic (exact) mass is 273 g/mol. The third kappa shape index (κ3) is 3.58. The molecule has 0 bridgehead atoms. The first-order chi connectivity index (χ1) is 9.58. The van der Waals surface area contributed by atoms with Crippen molar-refractivity contribution in [1.29, 1.82) is 0 Å². The van der Waals surface area contributed by atoms with E-state index < -0.39 is 0 Å². The van der Waals surface area contributed by atoms with Gasteiger partial charge in [-0.15, -0.1) is 0 Å². The van der Waals surface area contributed by atoms with Gasteiger partial charge in [0.1, 0.15) is 11.6 Å². The lowest BCUT2D eigenvalue weighted by Crippen LogP contribution is -2.17. The van der Waals surface area contributed by atoms with E-state index >= 15 is 0 Å². The molecule has 2 aromatic rings. The van der Waals surface area contributed by atoms with Crippen molar-refractivity contribution in [2.45, 2.75) is 26.8 Å². The van der Waals surface area contributed by atoms with E-state index in [2.05, 4.69) is 5.32 Å². The van der Waals surface area contributed by atoms with Crippen molar-refractivity contribution >= 4 is 0 Å². The fourth-order valence-electron chi connectivity index (χ4n) is 2.30. The Kier molecular flexibility index (Phi) is 4.74. The summed E-state index contributed by atoms with van der Waals surface area (Å²) in [7, 11) is 0. The minimum atomic E-state index is -0.148. The first kappa shape index (κ1) is 14.5. The van der Waals surface area contributed by atoms with E-state index in [1.54, 1.807) is 6.07 Å². The second-order valence-electron chi connectivity index (χ2n) is 5.10. The van der Waals surface area contributed by atoms with Gasteiger partial charge in [-0.25, -0.2) is 4.39 Å². The molecule has 0 atom stereocenters. The number of nitrogens with one attached hydrogen (secondary N) is 1. The Hall–Kier alpha value is -1.87. The van der Waals surface area contributed by atoms with Crippen LogP contribution in [0.4, 0.5) is 4.39 Å². The third-order valence-corrected chi connectivity index (χ3v) is 3.41. The summed E-state index contributed by atoms with van der Waals surface area (Å²) in [5.74, 6) is 0.214. The highest BCUT2D eigenvalue weighted by Crippen LogP contribution is 2.22. The molecule has 0 spiro atoms. The minimum Gasteiger partial charge on any atom is -0.507 e. The summed E-state index contributed by atoms with van der Waals surface area (Å²) in [5.41, 5.74) is 3.64. The maximum Gasteiger partial charge on any atom is 0.126 e. The summed E-state index contributed by atoms with van der Waals surface area (Å²) in [4.78, 5) is 0. The molecule has 2 nitrogen and oxygen atoms in total. The van der Waals surface area contributed by atoms with E-state index in [-0.39, 0.29) is 5.82 Å². The van der Waals surface area contributed by atoms with Crippen LogP contribution in [0.1, 0.15) is 22.3 Å². The van der Waals surface area contributed by atoms with Crippen molar-refractivity contribution in [3.8, 4) is 5.75 Å².